The van der Waals surface area contributed by atoms with Crippen molar-refractivity contribution in [3.63, 3.8) is 0 Å². The van der Waals surface area contributed by atoms with Crippen molar-refractivity contribution in [3.8, 4) is 0 Å². The molecule has 2 aliphatic carbocycles. The summed E-state index contributed by atoms with van der Waals surface area (Å²) in [5.74, 6) is 1.87. The standard InChI is InChI=1S/C9H16O/c1-9(10-2)6-7-3-4-8(9)5-7/h7-8H,3-6H2,1-2H3. The molecule has 1 heteroatoms. The number of ether oxygens (including phenoxy) is 1. The van der Waals surface area contributed by atoms with E-state index < -0.39 is 0 Å². The summed E-state index contributed by atoms with van der Waals surface area (Å²) in [5, 5.41) is 0. The van der Waals surface area contributed by atoms with Crippen molar-refractivity contribution in [2.45, 2.75) is 38.2 Å². The largest absolute Gasteiger partial charge is 0.378 e. The Morgan fingerprint density at radius 3 is 2.50 bits per heavy atom. The topological polar surface area (TPSA) is 9.23 Å². The van der Waals surface area contributed by atoms with Crippen molar-refractivity contribution in [3.05, 3.63) is 0 Å². The zero-order chi connectivity index (χ0) is 7.19. The summed E-state index contributed by atoms with van der Waals surface area (Å²) in [6, 6.07) is 0. The number of fused-ring (bicyclic) bond motifs is 2. The molecule has 0 aromatic rings. The molecule has 58 valence electrons. The molecular weight excluding hydrogens is 124 g/mol. The molecule has 2 fully saturated rings. The monoisotopic (exact) mass is 140 g/mol. The molecule has 3 unspecified atom stereocenters. The van der Waals surface area contributed by atoms with E-state index in [2.05, 4.69) is 6.92 Å². The van der Waals surface area contributed by atoms with E-state index in [0.717, 1.165) is 11.8 Å². The van der Waals surface area contributed by atoms with E-state index in [9.17, 15) is 0 Å². The zero-order valence-electron chi connectivity index (χ0n) is 6.89. The van der Waals surface area contributed by atoms with Gasteiger partial charge in [0.25, 0.3) is 0 Å². The summed E-state index contributed by atoms with van der Waals surface area (Å²) in [5.41, 5.74) is 0.253. The van der Waals surface area contributed by atoms with Crippen molar-refractivity contribution in [2.75, 3.05) is 7.11 Å². The summed E-state index contributed by atoms with van der Waals surface area (Å²) in [6.07, 6.45) is 5.62. The van der Waals surface area contributed by atoms with Crippen LogP contribution in [-0.2, 0) is 4.74 Å². The first-order chi connectivity index (χ1) is 4.74. The van der Waals surface area contributed by atoms with Crippen LogP contribution in [0.4, 0.5) is 0 Å². The van der Waals surface area contributed by atoms with Crippen LogP contribution >= 0.6 is 0 Å². The zero-order valence-corrected chi connectivity index (χ0v) is 6.89. The molecule has 2 bridgehead atoms. The minimum atomic E-state index is 0.253. The minimum absolute atomic E-state index is 0.253. The first-order valence-corrected chi connectivity index (χ1v) is 4.30. The molecule has 0 saturated heterocycles. The van der Waals surface area contributed by atoms with Gasteiger partial charge in [0.2, 0.25) is 0 Å². The highest BCUT2D eigenvalue weighted by Gasteiger charge is 2.47. The van der Waals surface area contributed by atoms with Crippen LogP contribution in [0.5, 0.6) is 0 Å². The Labute approximate surface area is 62.8 Å². The smallest absolute Gasteiger partial charge is 0.0681 e. The SMILES string of the molecule is COC1(C)CC2CCC1C2. The Bertz CT molecular complexity index is 144. The second kappa shape index (κ2) is 1.97. The van der Waals surface area contributed by atoms with Gasteiger partial charge in [-0.25, -0.2) is 0 Å². The number of methoxy groups -OCH3 is 1. The maximum absolute atomic E-state index is 5.53. The van der Waals surface area contributed by atoms with Gasteiger partial charge >= 0.3 is 0 Å². The molecular formula is C9H16O. The normalized spacial score (nSPS) is 52.2. The average Bonchev–Trinajstić information content (AvgIpc) is 2.46. The Hall–Kier alpha value is -0.0400. The minimum Gasteiger partial charge on any atom is -0.378 e. The molecule has 0 amide bonds. The maximum Gasteiger partial charge on any atom is 0.0681 e. The summed E-state index contributed by atoms with van der Waals surface area (Å²) in [6.45, 7) is 2.27. The van der Waals surface area contributed by atoms with Crippen LogP contribution in [0.2, 0.25) is 0 Å². The van der Waals surface area contributed by atoms with E-state index in [1.54, 1.807) is 0 Å². The lowest BCUT2D eigenvalue weighted by Crippen LogP contribution is -2.33. The first kappa shape index (κ1) is 6.66. The fourth-order valence-electron chi connectivity index (χ4n) is 2.80. The van der Waals surface area contributed by atoms with E-state index in [4.69, 9.17) is 4.74 Å². The van der Waals surface area contributed by atoms with E-state index in [0.29, 0.717) is 0 Å². The van der Waals surface area contributed by atoms with Crippen LogP contribution in [0.25, 0.3) is 0 Å². The lowest BCUT2D eigenvalue weighted by atomic mass is 9.86. The third-order valence-corrected chi connectivity index (χ3v) is 3.57. The van der Waals surface area contributed by atoms with Gasteiger partial charge in [-0.2, -0.15) is 0 Å². The van der Waals surface area contributed by atoms with Gasteiger partial charge in [0.1, 0.15) is 0 Å². The van der Waals surface area contributed by atoms with Crippen molar-refractivity contribution in [2.24, 2.45) is 11.8 Å². The average molecular weight is 140 g/mol. The molecule has 2 saturated carbocycles. The second-order valence-corrected chi connectivity index (χ2v) is 4.10. The summed E-state index contributed by atoms with van der Waals surface area (Å²) >= 11 is 0. The van der Waals surface area contributed by atoms with E-state index in [1.807, 2.05) is 7.11 Å². The Kier molecular flexibility index (Phi) is 1.31. The van der Waals surface area contributed by atoms with Crippen LogP contribution in [0, 0.1) is 11.8 Å². The van der Waals surface area contributed by atoms with Crippen LogP contribution in [0.15, 0.2) is 0 Å². The van der Waals surface area contributed by atoms with Crippen molar-refractivity contribution in [1.29, 1.82) is 0 Å². The highest BCUT2D eigenvalue weighted by Crippen LogP contribution is 2.51. The molecule has 0 N–H and O–H groups in total. The molecule has 2 aliphatic rings. The van der Waals surface area contributed by atoms with Crippen molar-refractivity contribution in [1.82, 2.24) is 0 Å². The van der Waals surface area contributed by atoms with Crippen molar-refractivity contribution < 1.29 is 4.74 Å². The van der Waals surface area contributed by atoms with Gasteiger partial charge in [0.05, 0.1) is 5.60 Å². The Balaban J connectivity index is 2.14. The lowest BCUT2D eigenvalue weighted by molar-refractivity contribution is -0.0380. The van der Waals surface area contributed by atoms with E-state index in [-0.39, 0.29) is 5.60 Å². The molecule has 2 rings (SSSR count). The van der Waals surface area contributed by atoms with Gasteiger partial charge in [-0.1, -0.05) is 0 Å². The lowest BCUT2D eigenvalue weighted by Gasteiger charge is -2.32. The molecule has 10 heavy (non-hydrogen) atoms. The fourth-order valence-corrected chi connectivity index (χ4v) is 2.80. The highest BCUT2D eigenvalue weighted by molar-refractivity contribution is 4.99. The third-order valence-electron chi connectivity index (χ3n) is 3.57. The first-order valence-electron chi connectivity index (χ1n) is 4.30. The molecule has 0 aromatic heterocycles. The highest BCUT2D eigenvalue weighted by atomic mass is 16.5. The predicted octanol–water partition coefficient (Wildman–Crippen LogP) is 2.21. The summed E-state index contributed by atoms with van der Waals surface area (Å²) < 4.78 is 5.53. The maximum atomic E-state index is 5.53. The van der Waals surface area contributed by atoms with Gasteiger partial charge in [0.15, 0.2) is 0 Å². The van der Waals surface area contributed by atoms with Gasteiger partial charge in [0, 0.05) is 7.11 Å². The predicted molar refractivity (Wildman–Crippen MR) is 40.9 cm³/mol. The number of hydrogen-bond donors (Lipinski definition) is 0. The number of hydrogen-bond acceptors (Lipinski definition) is 1. The van der Waals surface area contributed by atoms with Crippen molar-refractivity contribution >= 4 is 0 Å². The molecule has 0 aliphatic heterocycles. The summed E-state index contributed by atoms with van der Waals surface area (Å²) in [4.78, 5) is 0. The van der Waals surface area contributed by atoms with Gasteiger partial charge in [-0.05, 0) is 44.4 Å². The molecule has 0 spiro atoms. The fraction of sp³-hybridized carbons (Fsp3) is 1.00. The molecule has 0 aromatic carbocycles. The molecule has 3 atom stereocenters. The van der Waals surface area contributed by atoms with E-state index >= 15 is 0 Å². The Morgan fingerprint density at radius 2 is 2.20 bits per heavy atom. The molecule has 0 heterocycles. The number of rotatable bonds is 1. The van der Waals surface area contributed by atoms with Crippen LogP contribution < -0.4 is 0 Å². The molecule has 1 nitrogen and oxygen atoms in total. The summed E-state index contributed by atoms with van der Waals surface area (Å²) in [7, 11) is 1.86. The van der Waals surface area contributed by atoms with Crippen LogP contribution in [-0.4, -0.2) is 12.7 Å². The molecule has 0 radical (unpaired) electrons. The van der Waals surface area contributed by atoms with E-state index in [1.165, 1.54) is 25.7 Å². The van der Waals surface area contributed by atoms with Gasteiger partial charge < -0.3 is 4.74 Å². The Morgan fingerprint density at radius 1 is 1.40 bits per heavy atom. The quantitative estimate of drug-likeness (QED) is 0.542. The third kappa shape index (κ3) is 0.731. The van der Waals surface area contributed by atoms with Crippen LogP contribution in [0.1, 0.15) is 32.6 Å². The van der Waals surface area contributed by atoms with Gasteiger partial charge in [-0.3, -0.25) is 0 Å². The van der Waals surface area contributed by atoms with Gasteiger partial charge in [-0.15, -0.1) is 0 Å². The second-order valence-electron chi connectivity index (χ2n) is 4.10. The van der Waals surface area contributed by atoms with Crippen LogP contribution in [0.3, 0.4) is 0 Å².